The summed E-state index contributed by atoms with van der Waals surface area (Å²) in [6.07, 6.45) is 0. The van der Waals surface area contributed by atoms with Gasteiger partial charge in [-0.3, -0.25) is 25.2 Å². The monoisotopic (exact) mass is 507 g/mol. The first-order chi connectivity index (χ1) is 16.9. The lowest BCUT2D eigenvalue weighted by Crippen LogP contribution is -2.41. The maximum atomic E-state index is 12.7. The van der Waals surface area contributed by atoms with E-state index >= 15 is 0 Å². The SMILES string of the molecule is Cc1ccccc1C(=O)Nc1ccc(C(=O)NNC(=O)c2sc3cc4c(cc3c2Cl)OCO4)cc1. The Kier molecular flexibility index (Phi) is 6.02. The summed E-state index contributed by atoms with van der Waals surface area (Å²) >= 11 is 7.59. The van der Waals surface area contributed by atoms with Gasteiger partial charge in [0, 0.05) is 33.0 Å². The number of fused-ring (bicyclic) bond motifs is 2. The molecule has 1 aliphatic rings. The molecule has 3 aromatic carbocycles. The van der Waals surface area contributed by atoms with Crippen LogP contribution < -0.4 is 25.6 Å². The molecule has 3 amide bonds. The van der Waals surface area contributed by atoms with E-state index in [9.17, 15) is 14.4 Å². The molecule has 0 fully saturated rings. The second-order valence-electron chi connectivity index (χ2n) is 7.70. The zero-order valence-corrected chi connectivity index (χ0v) is 19.9. The molecule has 0 saturated heterocycles. The summed E-state index contributed by atoms with van der Waals surface area (Å²) < 4.78 is 11.5. The van der Waals surface area contributed by atoms with Crippen molar-refractivity contribution in [3.63, 3.8) is 0 Å². The number of carbonyl (C=O) groups excluding carboxylic acids is 3. The molecule has 35 heavy (non-hydrogen) atoms. The Hall–Kier alpha value is -4.08. The number of nitrogens with one attached hydrogen (secondary N) is 3. The van der Waals surface area contributed by atoms with Crippen molar-refractivity contribution >= 4 is 56.4 Å². The number of benzene rings is 3. The smallest absolute Gasteiger partial charge is 0.281 e. The molecule has 0 radical (unpaired) electrons. The van der Waals surface area contributed by atoms with Gasteiger partial charge in [0.15, 0.2) is 11.5 Å². The van der Waals surface area contributed by atoms with E-state index < -0.39 is 11.8 Å². The van der Waals surface area contributed by atoms with Gasteiger partial charge in [0.25, 0.3) is 17.7 Å². The predicted molar refractivity (Wildman–Crippen MR) is 133 cm³/mol. The van der Waals surface area contributed by atoms with Crippen LogP contribution in [0.2, 0.25) is 5.02 Å². The van der Waals surface area contributed by atoms with E-state index in [2.05, 4.69) is 16.2 Å². The zero-order chi connectivity index (χ0) is 24.5. The van der Waals surface area contributed by atoms with Gasteiger partial charge in [-0.2, -0.15) is 0 Å². The molecule has 1 aromatic heterocycles. The summed E-state index contributed by atoms with van der Waals surface area (Å²) in [4.78, 5) is 37.9. The molecule has 1 aliphatic heterocycles. The number of hydrogen-bond acceptors (Lipinski definition) is 6. The zero-order valence-electron chi connectivity index (χ0n) is 18.3. The van der Waals surface area contributed by atoms with E-state index in [1.165, 1.54) is 11.3 Å². The Morgan fingerprint density at radius 1 is 0.886 bits per heavy atom. The fourth-order valence-electron chi connectivity index (χ4n) is 3.58. The van der Waals surface area contributed by atoms with Gasteiger partial charge >= 0.3 is 0 Å². The van der Waals surface area contributed by atoms with Crippen molar-refractivity contribution in [1.29, 1.82) is 0 Å². The van der Waals surface area contributed by atoms with Crippen molar-refractivity contribution in [1.82, 2.24) is 10.9 Å². The van der Waals surface area contributed by atoms with Crippen molar-refractivity contribution in [3.05, 3.63) is 87.3 Å². The van der Waals surface area contributed by atoms with Gasteiger partial charge in [-0.1, -0.05) is 29.8 Å². The van der Waals surface area contributed by atoms with Crippen LogP contribution in [0.4, 0.5) is 5.69 Å². The Morgan fingerprint density at radius 2 is 1.57 bits per heavy atom. The minimum atomic E-state index is -0.548. The predicted octanol–water partition coefficient (Wildman–Crippen LogP) is 4.92. The quantitative estimate of drug-likeness (QED) is 0.340. The summed E-state index contributed by atoms with van der Waals surface area (Å²) in [5.41, 5.74) is 7.04. The Balaban J connectivity index is 1.22. The van der Waals surface area contributed by atoms with Gasteiger partial charge in [-0.05, 0) is 48.9 Å². The van der Waals surface area contributed by atoms with Crippen LogP contribution in [0.3, 0.4) is 0 Å². The highest BCUT2D eigenvalue weighted by molar-refractivity contribution is 7.21. The maximum absolute atomic E-state index is 12.7. The number of rotatable bonds is 4. The molecule has 3 N–H and O–H groups in total. The van der Waals surface area contributed by atoms with Crippen molar-refractivity contribution in [2.45, 2.75) is 6.92 Å². The number of carbonyl (C=O) groups is 3. The van der Waals surface area contributed by atoms with E-state index in [0.717, 1.165) is 10.3 Å². The van der Waals surface area contributed by atoms with Gasteiger partial charge in [0.2, 0.25) is 6.79 Å². The van der Waals surface area contributed by atoms with Crippen molar-refractivity contribution in [2.75, 3.05) is 12.1 Å². The molecule has 176 valence electrons. The number of hydrazine groups is 1. The number of ether oxygens (including phenoxy) is 2. The molecule has 0 spiro atoms. The normalized spacial score (nSPS) is 11.8. The summed E-state index contributed by atoms with van der Waals surface area (Å²) in [7, 11) is 0. The van der Waals surface area contributed by atoms with E-state index in [-0.39, 0.29) is 22.6 Å². The largest absolute Gasteiger partial charge is 0.454 e. The fraction of sp³-hybridized carbons (Fsp3) is 0.0800. The molecule has 0 bridgehead atoms. The van der Waals surface area contributed by atoms with Crippen LogP contribution in [0.15, 0.2) is 60.7 Å². The second-order valence-corrected chi connectivity index (χ2v) is 9.13. The lowest BCUT2D eigenvalue weighted by Gasteiger charge is -2.09. The molecular formula is C25H18ClN3O5S. The Morgan fingerprint density at radius 3 is 2.31 bits per heavy atom. The Bertz CT molecular complexity index is 1480. The number of hydrogen-bond donors (Lipinski definition) is 3. The molecule has 10 heteroatoms. The van der Waals surface area contributed by atoms with E-state index in [1.54, 1.807) is 48.5 Å². The number of anilines is 1. The van der Waals surface area contributed by atoms with Crippen LogP contribution in [0, 0.1) is 6.92 Å². The molecule has 5 rings (SSSR count). The molecule has 2 heterocycles. The van der Waals surface area contributed by atoms with E-state index in [0.29, 0.717) is 33.7 Å². The average Bonchev–Trinajstić information content (AvgIpc) is 3.45. The molecule has 0 aliphatic carbocycles. The summed E-state index contributed by atoms with van der Waals surface area (Å²) in [5.74, 6) is -0.150. The highest BCUT2D eigenvalue weighted by Crippen LogP contribution is 2.43. The van der Waals surface area contributed by atoms with Crippen molar-refractivity contribution in [2.24, 2.45) is 0 Å². The van der Waals surface area contributed by atoms with Crippen LogP contribution in [-0.2, 0) is 0 Å². The number of amides is 3. The van der Waals surface area contributed by atoms with Crippen LogP contribution in [-0.4, -0.2) is 24.5 Å². The summed E-state index contributed by atoms with van der Waals surface area (Å²) in [5, 5.41) is 3.74. The van der Waals surface area contributed by atoms with Crippen molar-refractivity contribution < 1.29 is 23.9 Å². The molecule has 8 nitrogen and oxygen atoms in total. The minimum Gasteiger partial charge on any atom is -0.454 e. The highest BCUT2D eigenvalue weighted by Gasteiger charge is 2.22. The molecular weight excluding hydrogens is 490 g/mol. The molecule has 0 unspecified atom stereocenters. The third-order valence-electron chi connectivity index (χ3n) is 5.41. The molecule has 4 aromatic rings. The topological polar surface area (TPSA) is 106 Å². The van der Waals surface area contributed by atoms with Crippen molar-refractivity contribution in [3.8, 4) is 11.5 Å². The lowest BCUT2D eigenvalue weighted by atomic mass is 10.1. The van der Waals surface area contributed by atoms with Gasteiger partial charge in [-0.25, -0.2) is 0 Å². The van der Waals surface area contributed by atoms with Crippen LogP contribution in [0.5, 0.6) is 11.5 Å². The fourth-order valence-corrected chi connectivity index (χ4v) is 4.99. The van der Waals surface area contributed by atoms with E-state index in [1.807, 2.05) is 19.1 Å². The third kappa shape index (κ3) is 4.51. The van der Waals surface area contributed by atoms with Crippen LogP contribution in [0.25, 0.3) is 10.1 Å². The minimum absolute atomic E-state index is 0.143. The number of halogens is 1. The maximum Gasteiger partial charge on any atom is 0.281 e. The Labute approximate surface area is 208 Å². The summed E-state index contributed by atoms with van der Waals surface area (Å²) in [6, 6.07) is 17.1. The average molecular weight is 508 g/mol. The van der Waals surface area contributed by atoms with E-state index in [4.69, 9.17) is 21.1 Å². The molecule has 0 atom stereocenters. The highest BCUT2D eigenvalue weighted by atomic mass is 35.5. The standard InChI is InChI=1S/C25H18ClN3O5S/c1-13-4-2-3-5-16(13)24(31)27-15-8-6-14(7-9-15)23(30)28-29-25(32)22-21(26)17-10-18-19(34-12-33-18)11-20(17)35-22/h2-11H,12H2,1H3,(H,27,31)(H,28,30)(H,29,32). The van der Waals surface area contributed by atoms with Gasteiger partial charge in [0.05, 0.1) is 5.02 Å². The first kappa shape index (κ1) is 22.7. The second kappa shape index (κ2) is 9.28. The first-order valence-electron chi connectivity index (χ1n) is 10.5. The third-order valence-corrected chi connectivity index (χ3v) is 7.07. The van der Waals surface area contributed by atoms with Gasteiger partial charge < -0.3 is 14.8 Å². The molecule has 0 saturated carbocycles. The summed E-state index contributed by atoms with van der Waals surface area (Å²) in [6.45, 7) is 2.00. The van der Waals surface area contributed by atoms with Crippen LogP contribution in [0.1, 0.15) is 36.0 Å². The van der Waals surface area contributed by atoms with Gasteiger partial charge in [-0.15, -0.1) is 11.3 Å². The lowest BCUT2D eigenvalue weighted by molar-refractivity contribution is 0.0849. The number of aryl methyl sites for hydroxylation is 1. The van der Waals surface area contributed by atoms with Crippen LogP contribution >= 0.6 is 22.9 Å². The van der Waals surface area contributed by atoms with Gasteiger partial charge in [0.1, 0.15) is 4.88 Å². The number of thiophene rings is 1. The first-order valence-corrected chi connectivity index (χ1v) is 11.7.